The predicted octanol–water partition coefficient (Wildman–Crippen LogP) is 2.32. The van der Waals surface area contributed by atoms with Gasteiger partial charge in [-0.05, 0) is 31.0 Å². The van der Waals surface area contributed by atoms with Crippen molar-refractivity contribution in [1.29, 1.82) is 0 Å². The highest BCUT2D eigenvalue weighted by atomic mass is 32.2. The van der Waals surface area contributed by atoms with Crippen molar-refractivity contribution in [3.63, 3.8) is 0 Å². The Morgan fingerprint density at radius 1 is 1.33 bits per heavy atom. The highest BCUT2D eigenvalue weighted by Crippen LogP contribution is 2.37. The van der Waals surface area contributed by atoms with E-state index in [4.69, 9.17) is 9.47 Å². The summed E-state index contributed by atoms with van der Waals surface area (Å²) >= 11 is 1.43. The lowest BCUT2D eigenvalue weighted by atomic mass is 10.1. The van der Waals surface area contributed by atoms with E-state index in [0.717, 1.165) is 5.16 Å². The number of hydrogen-bond acceptors (Lipinski definition) is 6. The zero-order chi connectivity index (χ0) is 14.2. The number of ketones is 1. The minimum absolute atomic E-state index is 0.0450. The molecule has 0 atom stereocenters. The molecule has 1 aromatic heterocycles. The first kappa shape index (κ1) is 12.7. The summed E-state index contributed by atoms with van der Waals surface area (Å²) < 4.78 is 12.6. The number of fused-ring (bicyclic) bond motifs is 1. The minimum Gasteiger partial charge on any atom is -0.454 e. The molecule has 0 N–H and O–H groups in total. The molecule has 108 valence electrons. The van der Waals surface area contributed by atoms with Gasteiger partial charge in [-0.25, -0.2) is 0 Å². The number of carbonyl (C=O) groups excluding carboxylic acids is 1. The topological polar surface area (TPSA) is 66.2 Å². The molecule has 1 saturated carbocycles. The first-order valence-electron chi connectivity index (χ1n) is 6.76. The molecule has 7 heteroatoms. The Labute approximate surface area is 125 Å². The van der Waals surface area contributed by atoms with Crippen LogP contribution in [0.5, 0.6) is 11.5 Å². The molecule has 2 aliphatic rings. The third-order valence-corrected chi connectivity index (χ3v) is 4.46. The molecule has 21 heavy (non-hydrogen) atoms. The highest BCUT2D eigenvalue weighted by molar-refractivity contribution is 7.99. The van der Waals surface area contributed by atoms with E-state index in [1.54, 1.807) is 24.5 Å². The van der Waals surface area contributed by atoms with Crippen molar-refractivity contribution in [1.82, 2.24) is 14.8 Å². The lowest BCUT2D eigenvalue weighted by Gasteiger charge is -2.04. The van der Waals surface area contributed by atoms with E-state index in [-0.39, 0.29) is 12.6 Å². The second-order valence-corrected chi connectivity index (χ2v) is 5.97. The van der Waals surface area contributed by atoms with Crippen molar-refractivity contribution < 1.29 is 14.3 Å². The standard InChI is InChI=1S/C14H13N3O3S/c18-11(9-1-4-12-13(5-9)20-8-19-12)6-21-14-16-15-7-17(14)10-2-3-10/h1,4-5,7,10H,2-3,6,8H2. The van der Waals surface area contributed by atoms with Crippen molar-refractivity contribution in [2.75, 3.05) is 12.5 Å². The van der Waals surface area contributed by atoms with Crippen molar-refractivity contribution in [3.8, 4) is 11.5 Å². The van der Waals surface area contributed by atoms with E-state index >= 15 is 0 Å². The van der Waals surface area contributed by atoms with Gasteiger partial charge in [0.1, 0.15) is 6.33 Å². The molecule has 0 spiro atoms. The van der Waals surface area contributed by atoms with Gasteiger partial charge in [0.25, 0.3) is 0 Å². The van der Waals surface area contributed by atoms with E-state index in [0.29, 0.717) is 28.9 Å². The number of benzene rings is 1. The summed E-state index contributed by atoms with van der Waals surface area (Å²) in [5.41, 5.74) is 0.629. The maximum atomic E-state index is 12.3. The van der Waals surface area contributed by atoms with Crippen LogP contribution in [0.1, 0.15) is 29.2 Å². The number of carbonyl (C=O) groups is 1. The maximum absolute atomic E-state index is 12.3. The number of nitrogens with zero attached hydrogens (tertiary/aromatic N) is 3. The third-order valence-electron chi connectivity index (χ3n) is 3.51. The van der Waals surface area contributed by atoms with Crippen molar-refractivity contribution in [3.05, 3.63) is 30.1 Å². The van der Waals surface area contributed by atoms with Gasteiger partial charge in [-0.15, -0.1) is 10.2 Å². The van der Waals surface area contributed by atoms with E-state index in [1.165, 1.54) is 24.6 Å². The molecular formula is C14H13N3O3S. The second kappa shape index (κ2) is 5.07. The third kappa shape index (κ3) is 2.49. The Kier molecular flexibility index (Phi) is 3.07. The van der Waals surface area contributed by atoms with Gasteiger partial charge < -0.3 is 14.0 Å². The van der Waals surface area contributed by atoms with Crippen LogP contribution in [0.3, 0.4) is 0 Å². The van der Waals surface area contributed by atoms with E-state index in [2.05, 4.69) is 14.8 Å². The summed E-state index contributed by atoms with van der Waals surface area (Å²) in [7, 11) is 0. The van der Waals surface area contributed by atoms with Crippen LogP contribution in [0.15, 0.2) is 29.7 Å². The Morgan fingerprint density at radius 3 is 3.05 bits per heavy atom. The van der Waals surface area contributed by atoms with E-state index in [1.807, 2.05) is 0 Å². The highest BCUT2D eigenvalue weighted by Gasteiger charge is 2.26. The van der Waals surface area contributed by atoms with Crippen molar-refractivity contribution in [2.24, 2.45) is 0 Å². The normalized spacial score (nSPS) is 16.2. The largest absolute Gasteiger partial charge is 0.454 e. The van der Waals surface area contributed by atoms with Crippen LogP contribution in [0.25, 0.3) is 0 Å². The van der Waals surface area contributed by atoms with Crippen LogP contribution in [0, 0.1) is 0 Å². The van der Waals surface area contributed by atoms with Gasteiger partial charge in [0.15, 0.2) is 22.4 Å². The van der Waals surface area contributed by atoms with E-state index in [9.17, 15) is 4.79 Å². The first-order valence-corrected chi connectivity index (χ1v) is 7.75. The Hall–Kier alpha value is -2.02. The average molecular weight is 303 g/mol. The first-order chi connectivity index (χ1) is 10.3. The van der Waals surface area contributed by atoms with Crippen LogP contribution in [0.4, 0.5) is 0 Å². The molecule has 4 rings (SSSR count). The molecule has 1 aliphatic carbocycles. The molecular weight excluding hydrogens is 290 g/mol. The molecule has 2 aromatic rings. The number of rotatable bonds is 5. The number of Topliss-reactive ketones (excluding diaryl/α,β-unsaturated/α-hetero) is 1. The quantitative estimate of drug-likeness (QED) is 0.624. The second-order valence-electron chi connectivity index (χ2n) is 5.03. The lowest BCUT2D eigenvalue weighted by molar-refractivity contribution is 0.102. The molecule has 2 heterocycles. The van der Waals surface area contributed by atoms with E-state index < -0.39 is 0 Å². The Morgan fingerprint density at radius 2 is 2.19 bits per heavy atom. The number of ether oxygens (including phenoxy) is 2. The molecule has 1 fully saturated rings. The summed E-state index contributed by atoms with van der Waals surface area (Å²) in [4.78, 5) is 12.3. The molecule has 0 unspecified atom stereocenters. The summed E-state index contributed by atoms with van der Waals surface area (Å²) in [5, 5.41) is 8.82. The minimum atomic E-state index is 0.0450. The molecule has 1 aliphatic heterocycles. The van der Waals surface area contributed by atoms with Gasteiger partial charge in [0.05, 0.1) is 5.75 Å². The molecule has 0 bridgehead atoms. The van der Waals surface area contributed by atoms with Gasteiger partial charge >= 0.3 is 0 Å². The summed E-state index contributed by atoms with van der Waals surface area (Å²) in [6, 6.07) is 5.79. The number of hydrogen-bond donors (Lipinski definition) is 0. The molecule has 1 aromatic carbocycles. The monoisotopic (exact) mass is 303 g/mol. The lowest BCUT2D eigenvalue weighted by Crippen LogP contribution is -2.04. The molecule has 6 nitrogen and oxygen atoms in total. The summed E-state index contributed by atoms with van der Waals surface area (Å²) in [5.74, 6) is 1.70. The predicted molar refractivity (Wildman–Crippen MR) is 75.9 cm³/mol. The summed E-state index contributed by atoms with van der Waals surface area (Å²) in [6.07, 6.45) is 4.08. The summed E-state index contributed by atoms with van der Waals surface area (Å²) in [6.45, 7) is 0.215. The van der Waals surface area contributed by atoms with Crippen LogP contribution >= 0.6 is 11.8 Å². The zero-order valence-electron chi connectivity index (χ0n) is 11.2. The fourth-order valence-electron chi connectivity index (χ4n) is 2.22. The van der Waals surface area contributed by atoms with Crippen LogP contribution < -0.4 is 9.47 Å². The number of thioether (sulfide) groups is 1. The molecule has 0 amide bonds. The molecule has 0 radical (unpaired) electrons. The smallest absolute Gasteiger partial charge is 0.231 e. The fourth-order valence-corrected chi connectivity index (χ4v) is 3.10. The maximum Gasteiger partial charge on any atom is 0.231 e. The van der Waals surface area contributed by atoms with Gasteiger partial charge in [-0.1, -0.05) is 11.8 Å². The Balaban J connectivity index is 1.44. The van der Waals surface area contributed by atoms with Crippen LogP contribution in [0.2, 0.25) is 0 Å². The van der Waals surface area contributed by atoms with Gasteiger partial charge in [0, 0.05) is 11.6 Å². The average Bonchev–Trinajstić information content (AvgIpc) is 3.06. The van der Waals surface area contributed by atoms with Crippen LogP contribution in [-0.4, -0.2) is 33.1 Å². The van der Waals surface area contributed by atoms with Gasteiger partial charge in [-0.3, -0.25) is 4.79 Å². The fraction of sp³-hybridized carbons (Fsp3) is 0.357. The van der Waals surface area contributed by atoms with Gasteiger partial charge in [0.2, 0.25) is 6.79 Å². The number of aromatic nitrogens is 3. The van der Waals surface area contributed by atoms with Crippen molar-refractivity contribution >= 4 is 17.5 Å². The van der Waals surface area contributed by atoms with Crippen molar-refractivity contribution in [2.45, 2.75) is 24.0 Å². The van der Waals surface area contributed by atoms with Crippen LogP contribution in [-0.2, 0) is 0 Å². The Bertz CT molecular complexity index is 697. The zero-order valence-corrected chi connectivity index (χ0v) is 12.0. The van der Waals surface area contributed by atoms with Gasteiger partial charge in [-0.2, -0.15) is 0 Å². The SMILES string of the molecule is O=C(CSc1nncn1C1CC1)c1ccc2c(c1)OCO2. The molecule has 0 saturated heterocycles.